The molecule has 1 aromatic carbocycles. The number of carbonyl (C=O) groups is 1. The van der Waals surface area contributed by atoms with E-state index in [1.807, 2.05) is 24.3 Å². The predicted octanol–water partition coefficient (Wildman–Crippen LogP) is 1.73. The molecule has 3 N–H and O–H groups in total. The van der Waals surface area contributed by atoms with Crippen LogP contribution < -0.4 is 10.1 Å². The number of rotatable bonds is 5. The molecule has 1 aromatic heterocycles. The molecule has 0 radical (unpaired) electrons. The third kappa shape index (κ3) is 2.79. The van der Waals surface area contributed by atoms with Crippen LogP contribution in [0.1, 0.15) is 16.1 Å². The molecule has 0 bridgehead atoms. The van der Waals surface area contributed by atoms with E-state index in [0.29, 0.717) is 12.4 Å². The van der Waals surface area contributed by atoms with E-state index in [0.717, 1.165) is 11.3 Å². The van der Waals surface area contributed by atoms with Crippen LogP contribution in [0, 0.1) is 0 Å². The zero-order valence-corrected chi connectivity index (χ0v) is 9.80. The molecule has 0 aliphatic carbocycles. The molecule has 6 nitrogen and oxygen atoms in total. The van der Waals surface area contributed by atoms with E-state index in [2.05, 4.69) is 15.5 Å². The first-order valence-electron chi connectivity index (χ1n) is 5.34. The topological polar surface area (TPSA) is 87.2 Å². The molecule has 2 aromatic rings. The minimum Gasteiger partial charge on any atom is -0.497 e. The molecule has 0 saturated carbocycles. The van der Waals surface area contributed by atoms with Gasteiger partial charge in [-0.2, -0.15) is 5.10 Å². The molecule has 0 unspecified atom stereocenters. The molecule has 2 rings (SSSR count). The van der Waals surface area contributed by atoms with Gasteiger partial charge in [0.15, 0.2) is 0 Å². The smallest absolute Gasteiger partial charge is 0.353 e. The van der Waals surface area contributed by atoms with Crippen molar-refractivity contribution in [2.75, 3.05) is 12.4 Å². The fourth-order valence-corrected chi connectivity index (χ4v) is 1.46. The second-order valence-corrected chi connectivity index (χ2v) is 3.67. The first-order chi connectivity index (χ1) is 8.69. The van der Waals surface area contributed by atoms with Crippen LogP contribution in [0.5, 0.6) is 5.75 Å². The van der Waals surface area contributed by atoms with Crippen molar-refractivity contribution in [1.29, 1.82) is 0 Å². The Labute approximate surface area is 104 Å². The molecule has 0 spiro atoms. The fraction of sp³-hybridized carbons (Fsp3) is 0.167. The molecule has 0 aliphatic rings. The molecule has 1 heterocycles. The summed E-state index contributed by atoms with van der Waals surface area (Å²) in [6.45, 7) is 0.563. The Morgan fingerprint density at radius 2 is 2.17 bits per heavy atom. The number of aromatic carboxylic acids is 1. The summed E-state index contributed by atoms with van der Waals surface area (Å²) in [5.41, 5.74) is 1.11. The quantitative estimate of drug-likeness (QED) is 0.749. The molecule has 0 atom stereocenters. The lowest BCUT2D eigenvalue weighted by Gasteiger charge is -2.04. The lowest BCUT2D eigenvalue weighted by atomic mass is 10.2. The third-order valence-electron chi connectivity index (χ3n) is 2.44. The number of ether oxygens (including phenoxy) is 1. The van der Waals surface area contributed by atoms with Crippen molar-refractivity contribution in [1.82, 2.24) is 10.2 Å². The van der Waals surface area contributed by atoms with Crippen molar-refractivity contribution < 1.29 is 14.6 Å². The number of aromatic nitrogens is 2. The van der Waals surface area contributed by atoms with E-state index in [1.165, 1.54) is 6.07 Å². The van der Waals surface area contributed by atoms with Crippen LogP contribution in [0.4, 0.5) is 5.82 Å². The highest BCUT2D eigenvalue weighted by atomic mass is 16.5. The molecular weight excluding hydrogens is 234 g/mol. The SMILES string of the molecule is COc1ccc(CNc2cc(C(=O)O)[nH]n2)cc1. The van der Waals surface area contributed by atoms with Crippen LogP contribution in [0.2, 0.25) is 0 Å². The van der Waals surface area contributed by atoms with Gasteiger partial charge in [0, 0.05) is 12.6 Å². The Morgan fingerprint density at radius 3 is 2.72 bits per heavy atom. The summed E-state index contributed by atoms with van der Waals surface area (Å²) in [7, 11) is 1.62. The first-order valence-corrected chi connectivity index (χ1v) is 5.34. The first kappa shape index (κ1) is 12.0. The highest BCUT2D eigenvalue weighted by Crippen LogP contribution is 2.13. The van der Waals surface area contributed by atoms with Crippen molar-refractivity contribution in [3.63, 3.8) is 0 Å². The van der Waals surface area contributed by atoms with Gasteiger partial charge in [0.2, 0.25) is 0 Å². The molecule has 0 fully saturated rings. The van der Waals surface area contributed by atoms with Gasteiger partial charge in [0.05, 0.1) is 7.11 Å². The minimum atomic E-state index is -1.03. The van der Waals surface area contributed by atoms with Crippen molar-refractivity contribution in [3.8, 4) is 5.75 Å². The lowest BCUT2D eigenvalue weighted by Crippen LogP contribution is -1.99. The van der Waals surface area contributed by atoms with Gasteiger partial charge < -0.3 is 15.2 Å². The maximum absolute atomic E-state index is 10.6. The second-order valence-electron chi connectivity index (χ2n) is 3.67. The van der Waals surface area contributed by atoms with Gasteiger partial charge in [-0.3, -0.25) is 5.10 Å². The van der Waals surface area contributed by atoms with Gasteiger partial charge in [-0.15, -0.1) is 0 Å². The number of hydrogen-bond donors (Lipinski definition) is 3. The summed E-state index contributed by atoms with van der Waals surface area (Å²) in [6, 6.07) is 9.04. The van der Waals surface area contributed by atoms with Crippen molar-refractivity contribution >= 4 is 11.8 Å². The monoisotopic (exact) mass is 247 g/mol. The number of carboxylic acid groups (broad SMARTS) is 1. The molecule has 94 valence electrons. The molecular formula is C12H13N3O3. The third-order valence-corrected chi connectivity index (χ3v) is 2.44. The van der Waals surface area contributed by atoms with Crippen molar-refractivity contribution in [2.45, 2.75) is 6.54 Å². The Kier molecular flexibility index (Phi) is 3.47. The van der Waals surface area contributed by atoms with Gasteiger partial charge >= 0.3 is 5.97 Å². The highest BCUT2D eigenvalue weighted by Gasteiger charge is 2.06. The van der Waals surface area contributed by atoms with Crippen molar-refractivity contribution in [3.05, 3.63) is 41.6 Å². The van der Waals surface area contributed by atoms with Gasteiger partial charge in [0.1, 0.15) is 17.3 Å². The normalized spacial score (nSPS) is 10.1. The standard InChI is InChI=1S/C12H13N3O3/c1-18-9-4-2-8(3-5-9)7-13-11-6-10(12(16)17)14-15-11/h2-6H,7H2,1H3,(H,16,17)(H2,13,14,15). The summed E-state index contributed by atoms with van der Waals surface area (Å²) in [5, 5.41) is 18.0. The number of carboxylic acids is 1. The van der Waals surface area contributed by atoms with Crippen LogP contribution in [0.3, 0.4) is 0 Å². The Balaban J connectivity index is 1.95. The summed E-state index contributed by atoms with van der Waals surface area (Å²) in [6.07, 6.45) is 0. The molecule has 0 amide bonds. The average molecular weight is 247 g/mol. The van der Waals surface area contributed by atoms with Gasteiger partial charge in [0.25, 0.3) is 0 Å². The maximum Gasteiger partial charge on any atom is 0.353 e. The Bertz CT molecular complexity index is 534. The van der Waals surface area contributed by atoms with Gasteiger partial charge in [-0.1, -0.05) is 12.1 Å². The van der Waals surface area contributed by atoms with Crippen LogP contribution in [0.15, 0.2) is 30.3 Å². The summed E-state index contributed by atoms with van der Waals surface area (Å²) in [4.78, 5) is 10.6. The van der Waals surface area contributed by atoms with E-state index >= 15 is 0 Å². The second kappa shape index (κ2) is 5.22. The zero-order valence-electron chi connectivity index (χ0n) is 9.80. The van der Waals surface area contributed by atoms with E-state index in [4.69, 9.17) is 9.84 Å². The number of methoxy groups -OCH3 is 1. The number of H-pyrrole nitrogens is 1. The van der Waals surface area contributed by atoms with Crippen molar-refractivity contribution in [2.24, 2.45) is 0 Å². The lowest BCUT2D eigenvalue weighted by molar-refractivity contribution is 0.0690. The number of nitrogens with one attached hydrogen (secondary N) is 2. The number of aromatic amines is 1. The predicted molar refractivity (Wildman–Crippen MR) is 65.9 cm³/mol. The number of hydrogen-bond acceptors (Lipinski definition) is 4. The number of nitrogens with zero attached hydrogens (tertiary/aromatic N) is 1. The van der Waals surface area contributed by atoms with Crippen LogP contribution >= 0.6 is 0 Å². The largest absolute Gasteiger partial charge is 0.497 e. The van der Waals surface area contributed by atoms with Crippen LogP contribution in [-0.2, 0) is 6.54 Å². The summed E-state index contributed by atoms with van der Waals surface area (Å²) in [5.74, 6) is 0.273. The number of anilines is 1. The number of benzene rings is 1. The van der Waals surface area contributed by atoms with E-state index in [1.54, 1.807) is 7.11 Å². The fourth-order valence-electron chi connectivity index (χ4n) is 1.46. The van der Waals surface area contributed by atoms with E-state index in [-0.39, 0.29) is 5.69 Å². The minimum absolute atomic E-state index is 0.0623. The molecule has 6 heteroatoms. The summed E-state index contributed by atoms with van der Waals surface area (Å²) < 4.78 is 5.06. The van der Waals surface area contributed by atoms with Gasteiger partial charge in [-0.05, 0) is 17.7 Å². The van der Waals surface area contributed by atoms with E-state index < -0.39 is 5.97 Å². The highest BCUT2D eigenvalue weighted by molar-refractivity contribution is 5.86. The van der Waals surface area contributed by atoms with Crippen LogP contribution in [0.25, 0.3) is 0 Å². The average Bonchev–Trinajstić information content (AvgIpc) is 2.86. The zero-order chi connectivity index (χ0) is 13.0. The molecule has 18 heavy (non-hydrogen) atoms. The van der Waals surface area contributed by atoms with E-state index in [9.17, 15) is 4.79 Å². The molecule has 0 saturated heterocycles. The Morgan fingerprint density at radius 1 is 1.44 bits per heavy atom. The summed E-state index contributed by atoms with van der Waals surface area (Å²) >= 11 is 0. The van der Waals surface area contributed by atoms with Crippen LogP contribution in [-0.4, -0.2) is 28.4 Å². The maximum atomic E-state index is 10.6. The molecule has 0 aliphatic heterocycles. The Hall–Kier alpha value is -2.50. The van der Waals surface area contributed by atoms with Gasteiger partial charge in [-0.25, -0.2) is 4.79 Å².